The number of anilines is 1. The van der Waals surface area contributed by atoms with Gasteiger partial charge in [0.25, 0.3) is 0 Å². The number of carbonyl (C=O) groups is 1. The van der Waals surface area contributed by atoms with Crippen molar-refractivity contribution in [3.63, 3.8) is 0 Å². The minimum Gasteiger partial charge on any atom is -0.444 e. The first-order valence-electron chi connectivity index (χ1n) is 5.40. The third-order valence-corrected chi connectivity index (χ3v) is 2.02. The normalized spacial score (nSPS) is 11.2. The average Bonchev–Trinajstić information content (AvgIpc) is 2.21. The van der Waals surface area contributed by atoms with Crippen LogP contribution in [0.2, 0.25) is 0 Å². The van der Waals surface area contributed by atoms with Gasteiger partial charge in [-0.1, -0.05) is 0 Å². The Balaban J connectivity index is 2.70. The van der Waals surface area contributed by atoms with Gasteiger partial charge in [-0.2, -0.15) is 0 Å². The van der Waals surface area contributed by atoms with Crippen molar-refractivity contribution in [2.45, 2.75) is 32.9 Å². The number of nitrogen functional groups attached to an aromatic ring is 1. The number of alkyl carbamates (subject to hydrolysis) is 1. The van der Waals surface area contributed by atoms with E-state index in [0.717, 1.165) is 12.1 Å². The molecule has 0 radical (unpaired) electrons. The molecule has 3 N–H and O–H groups in total. The van der Waals surface area contributed by atoms with E-state index < -0.39 is 23.3 Å². The van der Waals surface area contributed by atoms with Crippen molar-refractivity contribution in [2.75, 3.05) is 5.73 Å². The molecule has 0 bridgehead atoms. The van der Waals surface area contributed by atoms with E-state index in [1.54, 1.807) is 20.8 Å². The fourth-order valence-corrected chi connectivity index (χ4v) is 1.25. The van der Waals surface area contributed by atoms with Gasteiger partial charge in [0.2, 0.25) is 0 Å². The molecule has 0 heterocycles. The van der Waals surface area contributed by atoms with Crippen molar-refractivity contribution in [1.29, 1.82) is 0 Å². The number of amides is 1. The van der Waals surface area contributed by atoms with Crippen LogP contribution in [0, 0.1) is 11.6 Å². The highest BCUT2D eigenvalue weighted by Crippen LogP contribution is 2.18. The fourth-order valence-electron chi connectivity index (χ4n) is 1.25. The Labute approximate surface area is 104 Å². The van der Waals surface area contributed by atoms with Crippen LogP contribution in [0.3, 0.4) is 0 Å². The number of hydrogen-bond acceptors (Lipinski definition) is 3. The zero-order valence-electron chi connectivity index (χ0n) is 10.5. The lowest BCUT2D eigenvalue weighted by Crippen LogP contribution is -2.32. The summed E-state index contributed by atoms with van der Waals surface area (Å²) in [6.45, 7) is 4.74. The van der Waals surface area contributed by atoms with Gasteiger partial charge in [-0.3, -0.25) is 0 Å². The third-order valence-electron chi connectivity index (χ3n) is 2.02. The summed E-state index contributed by atoms with van der Waals surface area (Å²) in [6.07, 6.45) is -0.747. The lowest BCUT2D eigenvalue weighted by molar-refractivity contribution is 0.0523. The lowest BCUT2D eigenvalue weighted by atomic mass is 10.1. The zero-order valence-corrected chi connectivity index (χ0v) is 10.5. The van der Waals surface area contributed by atoms with E-state index in [-0.39, 0.29) is 17.8 Å². The van der Waals surface area contributed by atoms with E-state index >= 15 is 0 Å². The van der Waals surface area contributed by atoms with E-state index in [1.807, 2.05) is 0 Å². The molecule has 100 valence electrons. The Morgan fingerprint density at radius 2 is 2.00 bits per heavy atom. The summed E-state index contributed by atoms with van der Waals surface area (Å²) < 4.78 is 31.8. The topological polar surface area (TPSA) is 64.3 Å². The van der Waals surface area contributed by atoms with Crippen LogP contribution in [0.4, 0.5) is 19.3 Å². The molecule has 0 fully saturated rings. The average molecular weight is 258 g/mol. The molecule has 0 atom stereocenters. The van der Waals surface area contributed by atoms with Crippen LogP contribution in [0.25, 0.3) is 0 Å². The van der Waals surface area contributed by atoms with Crippen molar-refractivity contribution >= 4 is 11.8 Å². The Morgan fingerprint density at radius 3 is 2.56 bits per heavy atom. The number of benzene rings is 1. The molecule has 1 rings (SSSR count). The SMILES string of the molecule is CC(C)(C)OC(=O)NCc1c(F)ccc(N)c1F. The highest BCUT2D eigenvalue weighted by atomic mass is 19.1. The molecular weight excluding hydrogens is 242 g/mol. The van der Waals surface area contributed by atoms with E-state index in [9.17, 15) is 13.6 Å². The fraction of sp³-hybridized carbons (Fsp3) is 0.417. The van der Waals surface area contributed by atoms with Crippen LogP contribution in [-0.2, 0) is 11.3 Å². The Hall–Kier alpha value is -1.85. The lowest BCUT2D eigenvalue weighted by Gasteiger charge is -2.19. The highest BCUT2D eigenvalue weighted by Gasteiger charge is 2.18. The maximum absolute atomic E-state index is 13.5. The van der Waals surface area contributed by atoms with E-state index in [0.29, 0.717) is 0 Å². The summed E-state index contributed by atoms with van der Waals surface area (Å²) in [6, 6.07) is 2.17. The Kier molecular flexibility index (Phi) is 4.11. The molecule has 1 aromatic rings. The molecule has 0 aliphatic rings. The summed E-state index contributed by atoms with van der Waals surface area (Å²) in [7, 11) is 0. The minimum absolute atomic E-state index is 0.169. The molecule has 1 aromatic carbocycles. The van der Waals surface area contributed by atoms with Gasteiger partial charge < -0.3 is 15.8 Å². The maximum Gasteiger partial charge on any atom is 0.407 e. The third kappa shape index (κ3) is 3.87. The second-order valence-electron chi connectivity index (χ2n) is 4.78. The van der Waals surface area contributed by atoms with Crippen molar-refractivity contribution in [1.82, 2.24) is 5.32 Å². The monoisotopic (exact) mass is 258 g/mol. The predicted octanol–water partition coefficient (Wildman–Crippen LogP) is 2.57. The first-order chi connectivity index (χ1) is 8.20. The van der Waals surface area contributed by atoms with Gasteiger partial charge in [-0.05, 0) is 32.9 Å². The number of nitrogens with one attached hydrogen (secondary N) is 1. The largest absolute Gasteiger partial charge is 0.444 e. The zero-order chi connectivity index (χ0) is 13.9. The van der Waals surface area contributed by atoms with Crippen LogP contribution in [0.15, 0.2) is 12.1 Å². The first-order valence-corrected chi connectivity index (χ1v) is 5.40. The van der Waals surface area contributed by atoms with Crippen LogP contribution >= 0.6 is 0 Å². The predicted molar refractivity (Wildman–Crippen MR) is 63.8 cm³/mol. The van der Waals surface area contributed by atoms with E-state index in [4.69, 9.17) is 10.5 Å². The Bertz CT molecular complexity index is 456. The number of hydrogen-bond donors (Lipinski definition) is 2. The molecular formula is C12H16F2N2O2. The molecule has 6 heteroatoms. The molecule has 0 spiro atoms. The summed E-state index contributed by atoms with van der Waals surface area (Å²) >= 11 is 0. The van der Waals surface area contributed by atoms with Crippen molar-refractivity contribution in [3.05, 3.63) is 29.3 Å². The van der Waals surface area contributed by atoms with Crippen molar-refractivity contribution in [2.24, 2.45) is 0 Å². The van der Waals surface area contributed by atoms with Gasteiger partial charge in [0.05, 0.1) is 12.2 Å². The molecule has 18 heavy (non-hydrogen) atoms. The maximum atomic E-state index is 13.5. The number of ether oxygens (including phenoxy) is 1. The van der Waals surface area contributed by atoms with Gasteiger partial charge >= 0.3 is 6.09 Å². The van der Waals surface area contributed by atoms with Gasteiger partial charge in [0.15, 0.2) is 5.82 Å². The summed E-state index contributed by atoms with van der Waals surface area (Å²) in [5, 5.41) is 2.27. The molecule has 0 unspecified atom stereocenters. The standard InChI is InChI=1S/C12H16F2N2O2/c1-12(2,3)18-11(17)16-6-7-8(13)4-5-9(15)10(7)14/h4-5H,6,15H2,1-3H3,(H,16,17). The number of rotatable bonds is 2. The number of nitrogens with two attached hydrogens (primary N) is 1. The van der Waals surface area contributed by atoms with Crippen LogP contribution in [0.5, 0.6) is 0 Å². The Morgan fingerprint density at radius 1 is 1.39 bits per heavy atom. The molecule has 0 saturated heterocycles. The van der Waals surface area contributed by atoms with E-state index in [2.05, 4.69) is 5.32 Å². The molecule has 0 aliphatic carbocycles. The molecule has 0 saturated carbocycles. The second kappa shape index (κ2) is 5.20. The van der Waals surface area contributed by atoms with Crippen LogP contribution in [-0.4, -0.2) is 11.7 Å². The van der Waals surface area contributed by atoms with Crippen molar-refractivity contribution < 1.29 is 18.3 Å². The summed E-state index contributed by atoms with van der Waals surface area (Å²) in [5.41, 5.74) is 4.18. The quantitative estimate of drug-likeness (QED) is 0.801. The molecule has 0 aromatic heterocycles. The second-order valence-corrected chi connectivity index (χ2v) is 4.78. The summed E-state index contributed by atoms with van der Waals surface area (Å²) in [4.78, 5) is 11.3. The van der Waals surface area contributed by atoms with Gasteiger partial charge in [0.1, 0.15) is 11.4 Å². The molecule has 1 amide bonds. The molecule has 4 nitrogen and oxygen atoms in total. The number of halogens is 2. The minimum atomic E-state index is -0.869. The first kappa shape index (κ1) is 14.2. The number of carbonyl (C=O) groups excluding carboxylic acids is 1. The van der Waals surface area contributed by atoms with E-state index in [1.165, 1.54) is 0 Å². The van der Waals surface area contributed by atoms with Gasteiger partial charge in [-0.15, -0.1) is 0 Å². The highest BCUT2D eigenvalue weighted by molar-refractivity contribution is 5.67. The van der Waals surface area contributed by atoms with Crippen LogP contribution < -0.4 is 11.1 Å². The summed E-state index contributed by atoms with van der Waals surface area (Å²) in [5.74, 6) is -1.64. The smallest absolute Gasteiger partial charge is 0.407 e. The van der Waals surface area contributed by atoms with Gasteiger partial charge in [0, 0.05) is 5.56 Å². The molecule has 0 aliphatic heterocycles. The van der Waals surface area contributed by atoms with Gasteiger partial charge in [-0.25, -0.2) is 13.6 Å². The van der Waals surface area contributed by atoms with Crippen LogP contribution in [0.1, 0.15) is 26.3 Å². The van der Waals surface area contributed by atoms with Crippen molar-refractivity contribution in [3.8, 4) is 0 Å².